The molecule has 0 aliphatic carbocycles. The van der Waals surface area contributed by atoms with Gasteiger partial charge in [0.1, 0.15) is 5.76 Å². The van der Waals surface area contributed by atoms with E-state index in [2.05, 4.69) is 5.43 Å². The maximum atomic E-state index is 12.5. The van der Waals surface area contributed by atoms with Crippen LogP contribution in [-0.2, 0) is 0 Å². The number of rotatable bonds is 4. The predicted octanol–water partition coefficient (Wildman–Crippen LogP) is 4.07. The lowest BCUT2D eigenvalue weighted by Crippen LogP contribution is -2.39. The molecule has 3 rings (SSSR count). The van der Waals surface area contributed by atoms with Gasteiger partial charge in [-0.25, -0.2) is 0 Å². The SMILES string of the molecule is Cc1occc1C(=O)NN(c1ccccc1)c1ccccc1. The minimum absolute atomic E-state index is 0.209. The highest BCUT2D eigenvalue weighted by Gasteiger charge is 2.16. The molecule has 1 heterocycles. The highest BCUT2D eigenvalue weighted by Crippen LogP contribution is 2.23. The molecular formula is C18H16N2O2. The van der Waals surface area contributed by atoms with Crippen LogP contribution in [0.3, 0.4) is 0 Å². The van der Waals surface area contributed by atoms with Gasteiger partial charge < -0.3 is 4.42 Å². The molecule has 0 fully saturated rings. The number of benzene rings is 2. The number of nitrogens with one attached hydrogen (secondary N) is 1. The summed E-state index contributed by atoms with van der Waals surface area (Å²) < 4.78 is 5.20. The summed E-state index contributed by atoms with van der Waals surface area (Å²) in [7, 11) is 0. The molecule has 1 N–H and O–H groups in total. The maximum absolute atomic E-state index is 12.5. The first-order chi connectivity index (χ1) is 10.8. The monoisotopic (exact) mass is 292 g/mol. The minimum Gasteiger partial charge on any atom is -0.469 e. The van der Waals surface area contributed by atoms with E-state index < -0.39 is 0 Å². The Morgan fingerprint density at radius 2 is 1.45 bits per heavy atom. The molecule has 0 spiro atoms. The molecule has 110 valence electrons. The van der Waals surface area contributed by atoms with Crippen molar-refractivity contribution < 1.29 is 9.21 Å². The topological polar surface area (TPSA) is 45.5 Å². The molecule has 22 heavy (non-hydrogen) atoms. The number of carbonyl (C=O) groups is 1. The number of hydrazine groups is 1. The van der Waals surface area contributed by atoms with Gasteiger partial charge in [0.25, 0.3) is 5.91 Å². The van der Waals surface area contributed by atoms with Crippen LogP contribution in [0.15, 0.2) is 77.4 Å². The molecule has 0 unspecified atom stereocenters. The Labute approximate surface area is 129 Å². The van der Waals surface area contributed by atoms with Crippen molar-refractivity contribution in [2.45, 2.75) is 6.92 Å². The lowest BCUT2D eigenvalue weighted by molar-refractivity contribution is 0.0952. The van der Waals surface area contributed by atoms with Gasteiger partial charge in [-0.2, -0.15) is 0 Å². The Hall–Kier alpha value is -3.01. The molecule has 0 atom stereocenters. The van der Waals surface area contributed by atoms with Crippen molar-refractivity contribution in [1.82, 2.24) is 5.43 Å². The van der Waals surface area contributed by atoms with E-state index in [4.69, 9.17) is 4.42 Å². The summed E-state index contributed by atoms with van der Waals surface area (Å²) >= 11 is 0. The molecule has 4 heteroatoms. The van der Waals surface area contributed by atoms with Gasteiger partial charge in [0.2, 0.25) is 0 Å². The summed E-state index contributed by atoms with van der Waals surface area (Å²) in [5.41, 5.74) is 5.21. The first kappa shape index (κ1) is 13.9. The van der Waals surface area contributed by atoms with Crippen molar-refractivity contribution in [2.24, 2.45) is 0 Å². The smallest absolute Gasteiger partial charge is 0.273 e. The normalized spacial score (nSPS) is 10.2. The van der Waals surface area contributed by atoms with Crippen molar-refractivity contribution in [1.29, 1.82) is 0 Å². The molecule has 0 aliphatic heterocycles. The van der Waals surface area contributed by atoms with Gasteiger partial charge in [0.05, 0.1) is 23.2 Å². The second kappa shape index (κ2) is 6.18. The Bertz CT molecular complexity index is 712. The zero-order valence-electron chi connectivity index (χ0n) is 12.2. The van der Waals surface area contributed by atoms with Gasteiger partial charge >= 0.3 is 0 Å². The third-order valence-corrected chi connectivity index (χ3v) is 3.35. The van der Waals surface area contributed by atoms with Gasteiger partial charge in [0, 0.05) is 0 Å². The van der Waals surface area contributed by atoms with Crippen molar-refractivity contribution in [2.75, 3.05) is 5.01 Å². The summed E-state index contributed by atoms with van der Waals surface area (Å²) in [6.07, 6.45) is 1.51. The molecule has 0 bridgehead atoms. The van der Waals surface area contributed by atoms with Crippen LogP contribution >= 0.6 is 0 Å². The van der Waals surface area contributed by atoms with Crippen LogP contribution in [0.1, 0.15) is 16.1 Å². The van der Waals surface area contributed by atoms with Gasteiger partial charge in [0.15, 0.2) is 0 Å². The number of furan rings is 1. The zero-order chi connectivity index (χ0) is 15.4. The highest BCUT2D eigenvalue weighted by atomic mass is 16.3. The van der Waals surface area contributed by atoms with Crippen LogP contribution in [0.25, 0.3) is 0 Å². The molecule has 0 saturated carbocycles. The zero-order valence-corrected chi connectivity index (χ0v) is 12.2. The van der Waals surface area contributed by atoms with E-state index in [0.717, 1.165) is 11.4 Å². The van der Waals surface area contributed by atoms with Gasteiger partial charge in [-0.3, -0.25) is 15.2 Å². The average Bonchev–Trinajstić information content (AvgIpc) is 3.00. The van der Waals surface area contributed by atoms with Gasteiger partial charge in [-0.05, 0) is 37.3 Å². The Morgan fingerprint density at radius 1 is 0.909 bits per heavy atom. The number of amides is 1. The van der Waals surface area contributed by atoms with E-state index in [9.17, 15) is 4.79 Å². The number of para-hydroxylation sites is 2. The molecule has 3 aromatic rings. The van der Waals surface area contributed by atoms with Gasteiger partial charge in [-0.15, -0.1) is 0 Å². The van der Waals surface area contributed by atoms with E-state index in [-0.39, 0.29) is 5.91 Å². The van der Waals surface area contributed by atoms with E-state index in [1.165, 1.54) is 6.26 Å². The van der Waals surface area contributed by atoms with E-state index in [1.807, 2.05) is 60.7 Å². The Balaban J connectivity index is 1.93. The summed E-state index contributed by atoms with van der Waals surface area (Å²) in [6, 6.07) is 21.0. The summed E-state index contributed by atoms with van der Waals surface area (Å²) in [6.45, 7) is 1.77. The van der Waals surface area contributed by atoms with Crippen molar-refractivity contribution in [3.8, 4) is 0 Å². The number of hydrogen-bond donors (Lipinski definition) is 1. The number of aryl methyl sites for hydroxylation is 1. The molecule has 0 radical (unpaired) electrons. The lowest BCUT2D eigenvalue weighted by Gasteiger charge is -2.25. The minimum atomic E-state index is -0.209. The van der Waals surface area contributed by atoms with E-state index in [0.29, 0.717) is 11.3 Å². The highest BCUT2D eigenvalue weighted by molar-refractivity contribution is 5.96. The Kier molecular flexibility index (Phi) is 3.92. The van der Waals surface area contributed by atoms with E-state index >= 15 is 0 Å². The fourth-order valence-corrected chi connectivity index (χ4v) is 2.21. The molecule has 2 aromatic carbocycles. The van der Waals surface area contributed by atoms with Crippen molar-refractivity contribution in [3.05, 3.63) is 84.3 Å². The Morgan fingerprint density at radius 3 is 1.91 bits per heavy atom. The van der Waals surface area contributed by atoms with Crippen LogP contribution in [0.4, 0.5) is 11.4 Å². The molecule has 0 saturated heterocycles. The number of anilines is 2. The van der Waals surface area contributed by atoms with Crippen molar-refractivity contribution >= 4 is 17.3 Å². The van der Waals surface area contributed by atoms with Crippen LogP contribution in [0.5, 0.6) is 0 Å². The van der Waals surface area contributed by atoms with Gasteiger partial charge in [-0.1, -0.05) is 36.4 Å². The third-order valence-electron chi connectivity index (χ3n) is 3.35. The molecule has 0 aliphatic rings. The van der Waals surface area contributed by atoms with Crippen molar-refractivity contribution in [3.63, 3.8) is 0 Å². The van der Waals surface area contributed by atoms with Crippen LogP contribution in [-0.4, -0.2) is 5.91 Å². The average molecular weight is 292 g/mol. The summed E-state index contributed by atoms with van der Waals surface area (Å²) in [5.74, 6) is 0.387. The quantitative estimate of drug-likeness (QED) is 0.737. The second-order valence-electron chi connectivity index (χ2n) is 4.84. The third kappa shape index (κ3) is 2.86. The molecular weight excluding hydrogens is 276 g/mol. The maximum Gasteiger partial charge on any atom is 0.273 e. The molecule has 4 nitrogen and oxygen atoms in total. The standard InChI is InChI=1S/C18H16N2O2/c1-14-17(12-13-22-14)18(21)19-20(15-8-4-2-5-9-15)16-10-6-3-7-11-16/h2-13H,1H3,(H,19,21). The van der Waals surface area contributed by atoms with Crippen LogP contribution < -0.4 is 10.4 Å². The summed E-state index contributed by atoms with van der Waals surface area (Å²) in [4.78, 5) is 12.5. The van der Waals surface area contributed by atoms with Crippen LogP contribution in [0, 0.1) is 6.92 Å². The second-order valence-corrected chi connectivity index (χ2v) is 4.84. The largest absolute Gasteiger partial charge is 0.469 e. The fourth-order valence-electron chi connectivity index (χ4n) is 2.21. The fraction of sp³-hybridized carbons (Fsp3) is 0.0556. The van der Waals surface area contributed by atoms with Crippen LogP contribution in [0.2, 0.25) is 0 Å². The first-order valence-electron chi connectivity index (χ1n) is 7.01. The van der Waals surface area contributed by atoms with E-state index in [1.54, 1.807) is 18.0 Å². The lowest BCUT2D eigenvalue weighted by atomic mass is 10.2. The predicted molar refractivity (Wildman–Crippen MR) is 85.9 cm³/mol. The first-order valence-corrected chi connectivity index (χ1v) is 7.01. The summed E-state index contributed by atoms with van der Waals surface area (Å²) in [5, 5.41) is 1.76. The number of carbonyl (C=O) groups excluding carboxylic acids is 1. The molecule has 1 aromatic heterocycles. The number of hydrogen-bond acceptors (Lipinski definition) is 3. The molecule has 1 amide bonds. The number of nitrogens with zero attached hydrogens (tertiary/aromatic N) is 1.